The summed E-state index contributed by atoms with van der Waals surface area (Å²) in [5, 5.41) is 0. The molecule has 7 heteroatoms. The van der Waals surface area contributed by atoms with Gasteiger partial charge in [0, 0.05) is 13.1 Å². The van der Waals surface area contributed by atoms with Crippen molar-refractivity contribution in [2.75, 3.05) is 13.1 Å². The number of likely N-dealkylation sites (tertiary alicyclic amines) is 2. The molecule has 0 saturated carbocycles. The Morgan fingerprint density at radius 1 is 0.929 bits per heavy atom. The number of nitrogens with zero attached hydrogens (tertiary/aromatic N) is 2. The normalized spacial score (nSPS) is 22.2. The highest BCUT2D eigenvalue weighted by Crippen LogP contribution is 2.27. The number of hydrogen-bond donors (Lipinski definition) is 0. The zero-order chi connectivity index (χ0) is 20.3. The minimum atomic E-state index is -0.622. The molecule has 0 aromatic heterocycles. The summed E-state index contributed by atoms with van der Waals surface area (Å²) in [5.74, 6) is -0.169. The maximum Gasteiger partial charge on any atom is 0.410 e. The zero-order valence-corrected chi connectivity index (χ0v) is 16.7. The van der Waals surface area contributed by atoms with Gasteiger partial charge in [0.1, 0.15) is 23.4 Å². The van der Waals surface area contributed by atoms with Gasteiger partial charge in [-0.05, 0) is 58.6 Å². The monoisotopic (exact) mass is 388 g/mol. The zero-order valence-electron chi connectivity index (χ0n) is 16.7. The van der Waals surface area contributed by atoms with Crippen LogP contribution in [0.2, 0.25) is 0 Å². The molecule has 0 bridgehead atoms. The van der Waals surface area contributed by atoms with Gasteiger partial charge in [-0.2, -0.15) is 0 Å². The van der Waals surface area contributed by atoms with Crippen LogP contribution in [0.3, 0.4) is 0 Å². The van der Waals surface area contributed by atoms with E-state index in [9.17, 15) is 14.4 Å². The maximum absolute atomic E-state index is 13.2. The third kappa shape index (κ3) is 4.64. The molecule has 0 unspecified atom stereocenters. The minimum Gasteiger partial charge on any atom is -0.444 e. The number of para-hydroxylation sites is 1. The van der Waals surface area contributed by atoms with E-state index in [0.29, 0.717) is 31.7 Å². The summed E-state index contributed by atoms with van der Waals surface area (Å²) in [6.45, 7) is 6.38. The molecule has 2 aliphatic rings. The lowest BCUT2D eigenvalue weighted by atomic mass is 10.1. The summed E-state index contributed by atoms with van der Waals surface area (Å²) in [5.41, 5.74) is -0.622. The second-order valence-corrected chi connectivity index (χ2v) is 8.26. The van der Waals surface area contributed by atoms with Crippen LogP contribution in [-0.4, -0.2) is 58.5 Å². The van der Waals surface area contributed by atoms with E-state index < -0.39 is 29.7 Å². The predicted molar refractivity (Wildman–Crippen MR) is 103 cm³/mol. The van der Waals surface area contributed by atoms with E-state index in [4.69, 9.17) is 9.47 Å². The molecule has 2 aliphatic heterocycles. The van der Waals surface area contributed by atoms with E-state index in [1.54, 1.807) is 49.9 Å². The van der Waals surface area contributed by atoms with E-state index in [-0.39, 0.29) is 5.91 Å². The molecular weight excluding hydrogens is 360 g/mol. The van der Waals surface area contributed by atoms with Gasteiger partial charge in [-0.25, -0.2) is 9.59 Å². The highest BCUT2D eigenvalue weighted by Gasteiger charge is 2.43. The number of benzene rings is 1. The molecule has 7 nitrogen and oxygen atoms in total. The van der Waals surface area contributed by atoms with Crippen molar-refractivity contribution >= 4 is 18.0 Å². The van der Waals surface area contributed by atoms with E-state index in [1.807, 2.05) is 6.07 Å². The van der Waals surface area contributed by atoms with Crippen LogP contribution in [0.4, 0.5) is 4.79 Å². The number of esters is 1. The molecule has 2 amide bonds. The second-order valence-electron chi connectivity index (χ2n) is 8.26. The number of hydrogen-bond acceptors (Lipinski definition) is 5. The van der Waals surface area contributed by atoms with Crippen LogP contribution in [-0.2, 0) is 14.3 Å². The summed E-state index contributed by atoms with van der Waals surface area (Å²) >= 11 is 0. The first-order valence-corrected chi connectivity index (χ1v) is 9.83. The van der Waals surface area contributed by atoms with Crippen LogP contribution in [0.1, 0.15) is 46.5 Å². The molecule has 2 fully saturated rings. The van der Waals surface area contributed by atoms with Crippen molar-refractivity contribution in [1.29, 1.82) is 0 Å². The van der Waals surface area contributed by atoms with Crippen molar-refractivity contribution < 1.29 is 23.9 Å². The molecule has 2 saturated heterocycles. The average molecular weight is 388 g/mol. The quantitative estimate of drug-likeness (QED) is 0.588. The van der Waals surface area contributed by atoms with Gasteiger partial charge in [0.25, 0.3) is 0 Å². The van der Waals surface area contributed by atoms with Crippen molar-refractivity contribution in [3.05, 3.63) is 30.3 Å². The fraction of sp³-hybridized carbons (Fsp3) is 0.571. The van der Waals surface area contributed by atoms with Crippen LogP contribution in [0.25, 0.3) is 0 Å². The molecule has 0 aliphatic carbocycles. The van der Waals surface area contributed by atoms with Gasteiger partial charge in [-0.3, -0.25) is 9.69 Å². The van der Waals surface area contributed by atoms with Gasteiger partial charge in [0.2, 0.25) is 5.91 Å². The van der Waals surface area contributed by atoms with E-state index in [0.717, 1.165) is 12.8 Å². The summed E-state index contributed by atoms with van der Waals surface area (Å²) < 4.78 is 10.9. The Labute approximate surface area is 165 Å². The van der Waals surface area contributed by atoms with Crippen molar-refractivity contribution in [1.82, 2.24) is 9.80 Å². The molecule has 0 N–H and O–H groups in total. The van der Waals surface area contributed by atoms with Crippen molar-refractivity contribution in [2.24, 2.45) is 0 Å². The van der Waals surface area contributed by atoms with Gasteiger partial charge in [0.15, 0.2) is 0 Å². The Bertz CT molecular complexity index is 728. The molecule has 1 aromatic carbocycles. The van der Waals surface area contributed by atoms with E-state index >= 15 is 0 Å². The Morgan fingerprint density at radius 2 is 1.54 bits per heavy atom. The number of carbonyl (C=O) groups is 3. The molecule has 0 spiro atoms. The van der Waals surface area contributed by atoms with Gasteiger partial charge < -0.3 is 14.4 Å². The smallest absolute Gasteiger partial charge is 0.410 e. The van der Waals surface area contributed by atoms with Crippen molar-refractivity contribution in [2.45, 2.75) is 64.1 Å². The first kappa shape index (κ1) is 20.2. The maximum atomic E-state index is 13.2. The first-order valence-electron chi connectivity index (χ1n) is 9.83. The third-order valence-corrected chi connectivity index (χ3v) is 4.94. The lowest BCUT2D eigenvalue weighted by Gasteiger charge is -2.31. The van der Waals surface area contributed by atoms with Crippen molar-refractivity contribution in [3.63, 3.8) is 0 Å². The van der Waals surface area contributed by atoms with Crippen LogP contribution < -0.4 is 4.74 Å². The van der Waals surface area contributed by atoms with E-state index in [2.05, 4.69) is 0 Å². The van der Waals surface area contributed by atoms with Crippen LogP contribution in [0.5, 0.6) is 5.75 Å². The molecule has 1 aromatic rings. The fourth-order valence-corrected chi connectivity index (χ4v) is 3.70. The summed E-state index contributed by atoms with van der Waals surface area (Å²) in [4.78, 5) is 41.3. The molecule has 0 radical (unpaired) electrons. The summed E-state index contributed by atoms with van der Waals surface area (Å²) in [6, 6.07) is 7.64. The molecule has 152 valence electrons. The lowest BCUT2D eigenvalue weighted by molar-refractivity contribution is -0.148. The summed E-state index contributed by atoms with van der Waals surface area (Å²) in [7, 11) is 0. The van der Waals surface area contributed by atoms with Crippen LogP contribution in [0, 0.1) is 0 Å². The molecule has 3 rings (SSSR count). The van der Waals surface area contributed by atoms with Crippen LogP contribution >= 0.6 is 0 Å². The van der Waals surface area contributed by atoms with Gasteiger partial charge >= 0.3 is 12.1 Å². The lowest BCUT2D eigenvalue weighted by Crippen LogP contribution is -2.52. The van der Waals surface area contributed by atoms with Gasteiger partial charge in [0.05, 0.1) is 0 Å². The average Bonchev–Trinajstić information content (AvgIpc) is 3.30. The summed E-state index contributed by atoms with van der Waals surface area (Å²) in [6.07, 6.45) is 2.14. The highest BCUT2D eigenvalue weighted by atomic mass is 16.6. The second kappa shape index (κ2) is 8.20. The third-order valence-electron chi connectivity index (χ3n) is 4.94. The molecule has 2 heterocycles. The Hall–Kier alpha value is -2.57. The minimum absolute atomic E-state index is 0.198. The fourth-order valence-electron chi connectivity index (χ4n) is 3.70. The van der Waals surface area contributed by atoms with Gasteiger partial charge in [-0.15, -0.1) is 0 Å². The van der Waals surface area contributed by atoms with Crippen LogP contribution in [0.15, 0.2) is 30.3 Å². The first-order chi connectivity index (χ1) is 13.3. The number of rotatable bonds is 3. The number of ether oxygens (including phenoxy) is 2. The number of carbonyl (C=O) groups excluding carboxylic acids is 3. The predicted octanol–water partition coefficient (Wildman–Crippen LogP) is 2.98. The van der Waals surface area contributed by atoms with Gasteiger partial charge in [-0.1, -0.05) is 18.2 Å². The SMILES string of the molecule is CC(C)(C)OC(=O)N1CCC[C@@H]1C(=O)N1CCC[C@@H]1C(=O)Oc1ccccc1. The Balaban J connectivity index is 1.68. The topological polar surface area (TPSA) is 76.2 Å². The van der Waals surface area contributed by atoms with Crippen molar-refractivity contribution in [3.8, 4) is 5.75 Å². The largest absolute Gasteiger partial charge is 0.444 e. The Kier molecular flexibility index (Phi) is 5.91. The Morgan fingerprint density at radius 3 is 2.18 bits per heavy atom. The molecule has 28 heavy (non-hydrogen) atoms. The standard InChI is InChI=1S/C21H28N2O5/c1-21(2,3)28-20(26)23-14-7-11-16(23)18(24)22-13-8-12-17(22)19(25)27-15-9-5-4-6-10-15/h4-6,9-10,16-17H,7-8,11-14H2,1-3H3/t16-,17-/m1/s1. The van der Waals surface area contributed by atoms with E-state index in [1.165, 1.54) is 4.90 Å². The number of amides is 2. The molecular formula is C21H28N2O5. The highest BCUT2D eigenvalue weighted by molar-refractivity contribution is 5.91. The molecule has 2 atom stereocenters.